The van der Waals surface area contributed by atoms with Crippen molar-refractivity contribution >= 4 is 23.3 Å². The molecule has 0 fully saturated rings. The van der Waals surface area contributed by atoms with Crippen molar-refractivity contribution in [2.45, 2.75) is 19.1 Å². The summed E-state index contributed by atoms with van der Waals surface area (Å²) in [5.41, 5.74) is -0.957. The van der Waals surface area contributed by atoms with Gasteiger partial charge in [-0.3, -0.25) is 0 Å². The number of carbonyl (C=O) groups excluding carboxylic acids is 1. The Hall–Kier alpha value is -1.60. The van der Waals surface area contributed by atoms with E-state index in [1.54, 1.807) is 7.05 Å². The fourth-order valence-electron chi connectivity index (χ4n) is 1.19. The van der Waals surface area contributed by atoms with Crippen LogP contribution < -0.4 is 5.32 Å². The topological polar surface area (TPSA) is 89.9 Å². The lowest BCUT2D eigenvalue weighted by Crippen LogP contribution is -2.49. The summed E-state index contributed by atoms with van der Waals surface area (Å²) in [4.78, 5) is 23.7. The van der Waals surface area contributed by atoms with E-state index in [0.717, 1.165) is 12.5 Å². The van der Waals surface area contributed by atoms with Crippen LogP contribution in [0.4, 0.5) is 4.79 Å². The number of nitrogens with one attached hydrogen (secondary N) is 1. The highest BCUT2D eigenvalue weighted by Crippen LogP contribution is 2.08. The number of aliphatic carboxylic acids is 1. The lowest BCUT2D eigenvalue weighted by Gasteiger charge is -2.22. The van der Waals surface area contributed by atoms with Gasteiger partial charge in [-0.1, -0.05) is 0 Å². The first-order valence-electron chi connectivity index (χ1n) is 5.29. The minimum atomic E-state index is -1.96. The van der Waals surface area contributed by atoms with Crippen LogP contribution in [0.15, 0.2) is 16.8 Å². The maximum atomic E-state index is 11.7. The number of hydrogen-bond donors (Lipinski definition) is 3. The molecule has 0 spiro atoms. The SMILES string of the molecule is CN(Cc1ccsc1)C(=O)NCC(C)(O)C(=O)O. The molecule has 0 aromatic carbocycles. The molecular formula is C11H16N2O4S. The normalized spacial score (nSPS) is 13.7. The molecule has 0 aliphatic carbocycles. The average Bonchev–Trinajstić information content (AvgIpc) is 2.78. The molecule has 1 unspecified atom stereocenters. The second-order valence-electron chi connectivity index (χ2n) is 4.23. The van der Waals surface area contributed by atoms with Crippen molar-refractivity contribution in [3.05, 3.63) is 22.4 Å². The van der Waals surface area contributed by atoms with Gasteiger partial charge in [0.1, 0.15) is 0 Å². The molecule has 1 aromatic rings. The fraction of sp³-hybridized carbons (Fsp3) is 0.455. The van der Waals surface area contributed by atoms with E-state index >= 15 is 0 Å². The zero-order chi connectivity index (χ0) is 13.8. The van der Waals surface area contributed by atoms with Gasteiger partial charge in [-0.05, 0) is 29.3 Å². The van der Waals surface area contributed by atoms with Crippen LogP contribution in [0.1, 0.15) is 12.5 Å². The van der Waals surface area contributed by atoms with Crippen molar-refractivity contribution in [3.63, 3.8) is 0 Å². The Labute approximate surface area is 109 Å². The first-order chi connectivity index (χ1) is 8.33. The van der Waals surface area contributed by atoms with Gasteiger partial charge >= 0.3 is 12.0 Å². The summed E-state index contributed by atoms with van der Waals surface area (Å²) in [6, 6.07) is 1.48. The van der Waals surface area contributed by atoms with Crippen LogP contribution >= 0.6 is 11.3 Å². The van der Waals surface area contributed by atoms with Crippen molar-refractivity contribution in [3.8, 4) is 0 Å². The number of carbonyl (C=O) groups is 2. The van der Waals surface area contributed by atoms with Gasteiger partial charge in [0.25, 0.3) is 0 Å². The summed E-state index contributed by atoms with van der Waals surface area (Å²) in [5, 5.41) is 24.4. The van der Waals surface area contributed by atoms with Gasteiger partial charge in [-0.25, -0.2) is 9.59 Å². The third kappa shape index (κ3) is 4.01. The van der Waals surface area contributed by atoms with Crippen LogP contribution in [0.25, 0.3) is 0 Å². The van der Waals surface area contributed by atoms with Crippen LogP contribution in [-0.4, -0.2) is 46.3 Å². The average molecular weight is 272 g/mol. The fourth-order valence-corrected chi connectivity index (χ4v) is 1.85. The van der Waals surface area contributed by atoms with Crippen LogP contribution in [0.5, 0.6) is 0 Å². The highest BCUT2D eigenvalue weighted by atomic mass is 32.1. The second kappa shape index (κ2) is 5.83. The molecule has 100 valence electrons. The molecule has 0 aliphatic rings. The standard InChI is InChI=1S/C11H16N2O4S/c1-11(17,9(14)15)7-12-10(16)13(2)5-8-3-4-18-6-8/h3-4,6,17H,5,7H2,1-2H3,(H,12,16)(H,14,15). The molecule has 18 heavy (non-hydrogen) atoms. The molecule has 7 heteroatoms. The molecule has 6 nitrogen and oxygen atoms in total. The van der Waals surface area contributed by atoms with E-state index in [1.165, 1.54) is 16.2 Å². The molecule has 1 rings (SSSR count). The Morgan fingerprint density at radius 3 is 2.72 bits per heavy atom. The number of urea groups is 1. The van der Waals surface area contributed by atoms with Crippen LogP contribution in [0, 0.1) is 0 Å². The number of nitrogens with zero attached hydrogens (tertiary/aromatic N) is 1. The van der Waals surface area contributed by atoms with E-state index in [4.69, 9.17) is 5.11 Å². The van der Waals surface area contributed by atoms with Crippen LogP contribution in [-0.2, 0) is 11.3 Å². The molecule has 0 aliphatic heterocycles. The lowest BCUT2D eigenvalue weighted by molar-refractivity contribution is -0.155. The number of rotatable bonds is 5. The van der Waals surface area contributed by atoms with E-state index in [1.807, 2.05) is 16.8 Å². The highest BCUT2D eigenvalue weighted by molar-refractivity contribution is 7.07. The number of carboxylic acids is 1. The lowest BCUT2D eigenvalue weighted by atomic mass is 10.1. The van der Waals surface area contributed by atoms with Crippen LogP contribution in [0.2, 0.25) is 0 Å². The number of hydrogen-bond acceptors (Lipinski definition) is 4. The molecule has 0 radical (unpaired) electrons. The van der Waals surface area contributed by atoms with Gasteiger partial charge in [0, 0.05) is 13.6 Å². The van der Waals surface area contributed by atoms with Crippen molar-refractivity contribution in [2.24, 2.45) is 0 Å². The number of amides is 2. The maximum absolute atomic E-state index is 11.7. The predicted molar refractivity (Wildman–Crippen MR) is 67.4 cm³/mol. The minimum Gasteiger partial charge on any atom is -0.479 e. The maximum Gasteiger partial charge on any atom is 0.337 e. The first kappa shape index (κ1) is 14.5. The molecule has 1 aromatic heterocycles. The number of carboxylic acid groups (broad SMARTS) is 1. The van der Waals surface area contributed by atoms with Crippen molar-refractivity contribution < 1.29 is 19.8 Å². The van der Waals surface area contributed by atoms with Crippen molar-refractivity contribution in [1.29, 1.82) is 0 Å². The zero-order valence-electron chi connectivity index (χ0n) is 10.2. The number of aliphatic hydroxyl groups is 1. The first-order valence-corrected chi connectivity index (χ1v) is 6.23. The van der Waals surface area contributed by atoms with Crippen molar-refractivity contribution in [1.82, 2.24) is 10.2 Å². The Morgan fingerprint density at radius 2 is 2.22 bits per heavy atom. The highest BCUT2D eigenvalue weighted by Gasteiger charge is 2.30. The molecule has 0 saturated carbocycles. The van der Waals surface area contributed by atoms with Gasteiger partial charge < -0.3 is 20.4 Å². The van der Waals surface area contributed by atoms with Crippen molar-refractivity contribution in [2.75, 3.05) is 13.6 Å². The monoisotopic (exact) mass is 272 g/mol. The summed E-state index contributed by atoms with van der Waals surface area (Å²) >= 11 is 1.54. The molecule has 0 bridgehead atoms. The summed E-state index contributed by atoms with van der Waals surface area (Å²) < 4.78 is 0. The van der Waals surface area contributed by atoms with Gasteiger partial charge in [0.05, 0.1) is 6.54 Å². The predicted octanol–water partition coefficient (Wildman–Crippen LogP) is 0.725. The molecule has 0 saturated heterocycles. The van der Waals surface area contributed by atoms with Gasteiger partial charge in [-0.2, -0.15) is 11.3 Å². The molecule has 2 amide bonds. The Balaban J connectivity index is 2.43. The van der Waals surface area contributed by atoms with E-state index in [2.05, 4.69) is 5.32 Å². The summed E-state index contributed by atoms with van der Waals surface area (Å²) in [7, 11) is 1.60. The molecule has 1 atom stereocenters. The number of thiophene rings is 1. The van der Waals surface area contributed by atoms with E-state index in [9.17, 15) is 14.7 Å². The third-order valence-corrected chi connectivity index (χ3v) is 3.12. The van der Waals surface area contributed by atoms with Crippen LogP contribution in [0.3, 0.4) is 0 Å². The quantitative estimate of drug-likeness (QED) is 0.737. The summed E-state index contributed by atoms with van der Waals surface area (Å²) in [5.74, 6) is -1.37. The zero-order valence-corrected chi connectivity index (χ0v) is 11.0. The summed E-state index contributed by atoms with van der Waals surface area (Å²) in [6.07, 6.45) is 0. The second-order valence-corrected chi connectivity index (χ2v) is 5.01. The van der Waals surface area contributed by atoms with E-state index in [-0.39, 0.29) is 6.54 Å². The minimum absolute atomic E-state index is 0.338. The van der Waals surface area contributed by atoms with E-state index in [0.29, 0.717) is 6.54 Å². The van der Waals surface area contributed by atoms with Gasteiger partial charge in [0.2, 0.25) is 0 Å². The molecule has 1 heterocycles. The summed E-state index contributed by atoms with van der Waals surface area (Å²) in [6.45, 7) is 1.23. The van der Waals surface area contributed by atoms with Gasteiger partial charge in [0.15, 0.2) is 5.60 Å². The molecule has 3 N–H and O–H groups in total. The smallest absolute Gasteiger partial charge is 0.337 e. The van der Waals surface area contributed by atoms with Gasteiger partial charge in [-0.15, -0.1) is 0 Å². The Kier molecular flexibility index (Phi) is 4.69. The largest absolute Gasteiger partial charge is 0.479 e. The van der Waals surface area contributed by atoms with E-state index < -0.39 is 17.6 Å². The molecular weight excluding hydrogens is 256 g/mol. The Morgan fingerprint density at radius 1 is 1.56 bits per heavy atom. The Bertz CT molecular complexity index is 417. The third-order valence-electron chi connectivity index (χ3n) is 2.39.